The number of unbranched alkanes of at least 4 members (excludes halogenated alkanes) is 3. The Labute approximate surface area is 219 Å². The van der Waals surface area contributed by atoms with Gasteiger partial charge in [-0.3, -0.25) is 4.79 Å². The van der Waals surface area contributed by atoms with Gasteiger partial charge < -0.3 is 10.1 Å². The van der Waals surface area contributed by atoms with Crippen molar-refractivity contribution in [3.63, 3.8) is 0 Å². The summed E-state index contributed by atoms with van der Waals surface area (Å²) in [6, 6.07) is 9.31. The number of benzene rings is 2. The van der Waals surface area contributed by atoms with Gasteiger partial charge in [0.2, 0.25) is 10.0 Å². The van der Waals surface area contributed by atoms with Crippen LogP contribution in [0.15, 0.2) is 41.3 Å². The highest BCUT2D eigenvalue weighted by molar-refractivity contribution is 7.89. The highest BCUT2D eigenvalue weighted by Crippen LogP contribution is 2.35. The summed E-state index contributed by atoms with van der Waals surface area (Å²) in [5.41, 5.74) is 0.761. The third kappa shape index (κ3) is 7.13. The molecule has 0 radical (unpaired) electrons. The average molecular weight is 542 g/mol. The van der Waals surface area contributed by atoms with Gasteiger partial charge in [0.05, 0.1) is 21.5 Å². The van der Waals surface area contributed by atoms with Crippen molar-refractivity contribution in [1.29, 1.82) is 0 Å². The molecule has 1 aliphatic rings. The van der Waals surface area contributed by atoms with Gasteiger partial charge in [-0.15, -0.1) is 0 Å². The first kappa shape index (κ1) is 27.8. The number of hydrogen-bond acceptors (Lipinski definition) is 4. The average Bonchev–Trinajstić information content (AvgIpc) is 2.85. The SMILES string of the molecule is CCCCCCOc1c(Cl)cc(C(=O)Nc2ccc(S(=O)(=O)N3CCCCC3CC)cc2)cc1Cl. The molecule has 1 heterocycles. The van der Waals surface area contributed by atoms with Crippen LogP contribution in [0.2, 0.25) is 10.0 Å². The molecule has 1 saturated heterocycles. The van der Waals surface area contributed by atoms with Crippen LogP contribution in [0.25, 0.3) is 0 Å². The van der Waals surface area contributed by atoms with Gasteiger partial charge >= 0.3 is 0 Å². The number of piperidine rings is 1. The molecular weight excluding hydrogens is 507 g/mol. The predicted molar refractivity (Wildman–Crippen MR) is 142 cm³/mol. The van der Waals surface area contributed by atoms with Crippen LogP contribution in [0.3, 0.4) is 0 Å². The minimum atomic E-state index is -3.58. The Hall–Kier alpha value is -1.80. The normalized spacial score (nSPS) is 16.7. The second-order valence-corrected chi connectivity index (χ2v) is 11.5. The molecule has 2 aromatic carbocycles. The molecule has 3 rings (SSSR count). The Morgan fingerprint density at radius 3 is 2.37 bits per heavy atom. The third-order valence-electron chi connectivity index (χ3n) is 6.27. The van der Waals surface area contributed by atoms with E-state index in [1.165, 1.54) is 24.3 Å². The van der Waals surface area contributed by atoms with E-state index in [9.17, 15) is 13.2 Å². The zero-order valence-electron chi connectivity index (χ0n) is 20.4. The van der Waals surface area contributed by atoms with Crippen LogP contribution in [0.5, 0.6) is 5.75 Å². The lowest BCUT2D eigenvalue weighted by molar-refractivity contribution is 0.102. The molecule has 1 fully saturated rings. The number of carbonyl (C=O) groups is 1. The molecule has 1 aliphatic heterocycles. The maximum Gasteiger partial charge on any atom is 0.255 e. The molecule has 1 N–H and O–H groups in total. The molecule has 1 atom stereocenters. The lowest BCUT2D eigenvalue weighted by Crippen LogP contribution is -2.43. The lowest BCUT2D eigenvalue weighted by Gasteiger charge is -2.34. The van der Waals surface area contributed by atoms with Crippen LogP contribution in [-0.2, 0) is 10.0 Å². The van der Waals surface area contributed by atoms with Crippen molar-refractivity contribution in [1.82, 2.24) is 4.31 Å². The van der Waals surface area contributed by atoms with Crippen molar-refractivity contribution in [3.05, 3.63) is 52.0 Å². The van der Waals surface area contributed by atoms with Crippen molar-refractivity contribution >= 4 is 44.8 Å². The molecule has 0 saturated carbocycles. The Kier molecular flexibility index (Phi) is 10.3. The summed E-state index contributed by atoms with van der Waals surface area (Å²) in [4.78, 5) is 13.0. The Morgan fingerprint density at radius 2 is 1.74 bits per heavy atom. The zero-order valence-corrected chi connectivity index (χ0v) is 22.7. The molecule has 6 nitrogen and oxygen atoms in total. The summed E-state index contributed by atoms with van der Waals surface area (Å²) in [5, 5.41) is 3.31. The number of rotatable bonds is 11. The standard InChI is InChI=1S/C26H34Cl2N2O4S/c1-3-5-6-9-16-34-25-23(27)17-19(18-24(25)28)26(31)29-20-11-13-22(14-12-20)35(32,33)30-15-8-7-10-21(30)4-2/h11-14,17-18,21H,3-10,15-16H2,1-2H3,(H,29,31). The summed E-state index contributed by atoms with van der Waals surface area (Å²) in [6.07, 6.45) is 7.87. The van der Waals surface area contributed by atoms with Crippen molar-refractivity contribution in [3.8, 4) is 5.75 Å². The second kappa shape index (κ2) is 12.9. The van der Waals surface area contributed by atoms with E-state index in [0.29, 0.717) is 24.6 Å². The van der Waals surface area contributed by atoms with Crippen LogP contribution in [0.4, 0.5) is 5.69 Å². The van der Waals surface area contributed by atoms with Crippen LogP contribution in [-0.4, -0.2) is 37.8 Å². The van der Waals surface area contributed by atoms with Gasteiger partial charge in [-0.05, 0) is 62.1 Å². The Morgan fingerprint density at radius 1 is 1.06 bits per heavy atom. The number of ether oxygens (including phenoxy) is 1. The number of amides is 1. The molecular formula is C26H34Cl2N2O4S. The molecule has 35 heavy (non-hydrogen) atoms. The van der Waals surface area contributed by atoms with Gasteiger partial charge in [0.25, 0.3) is 5.91 Å². The van der Waals surface area contributed by atoms with E-state index in [0.717, 1.165) is 51.4 Å². The van der Waals surface area contributed by atoms with Gasteiger partial charge in [-0.2, -0.15) is 4.31 Å². The number of anilines is 1. The van der Waals surface area contributed by atoms with Crippen molar-refractivity contribution in [2.24, 2.45) is 0 Å². The molecule has 0 aliphatic carbocycles. The molecule has 0 bridgehead atoms. The van der Waals surface area contributed by atoms with Gasteiger partial charge in [-0.1, -0.05) is 62.7 Å². The third-order valence-corrected chi connectivity index (χ3v) is 8.80. The summed E-state index contributed by atoms with van der Waals surface area (Å²) in [6.45, 7) is 5.21. The highest BCUT2D eigenvalue weighted by atomic mass is 35.5. The zero-order chi connectivity index (χ0) is 25.4. The first-order valence-corrected chi connectivity index (χ1v) is 14.5. The largest absolute Gasteiger partial charge is 0.490 e. The predicted octanol–water partition coefficient (Wildman–Crippen LogP) is 7.16. The lowest BCUT2D eigenvalue weighted by atomic mass is 10.0. The van der Waals surface area contributed by atoms with Crippen LogP contribution in [0, 0.1) is 0 Å². The van der Waals surface area contributed by atoms with E-state index in [-0.39, 0.29) is 26.5 Å². The summed E-state index contributed by atoms with van der Waals surface area (Å²) < 4.78 is 33.6. The number of nitrogens with zero attached hydrogens (tertiary/aromatic N) is 1. The Bertz CT molecular complexity index is 1080. The maximum atomic E-state index is 13.1. The van der Waals surface area contributed by atoms with E-state index in [2.05, 4.69) is 12.2 Å². The van der Waals surface area contributed by atoms with Gasteiger partial charge in [0.15, 0.2) is 5.75 Å². The Balaban J connectivity index is 1.66. The first-order chi connectivity index (χ1) is 16.8. The van der Waals surface area contributed by atoms with E-state index in [1.54, 1.807) is 16.4 Å². The van der Waals surface area contributed by atoms with Crippen molar-refractivity contribution < 1.29 is 17.9 Å². The monoisotopic (exact) mass is 540 g/mol. The fourth-order valence-corrected chi connectivity index (χ4v) is 6.64. The van der Waals surface area contributed by atoms with Crippen LogP contribution >= 0.6 is 23.2 Å². The number of hydrogen-bond donors (Lipinski definition) is 1. The molecule has 2 aromatic rings. The molecule has 1 unspecified atom stereocenters. The summed E-state index contributed by atoms with van der Waals surface area (Å²) in [7, 11) is -3.58. The van der Waals surface area contributed by atoms with Gasteiger partial charge in [0.1, 0.15) is 0 Å². The second-order valence-electron chi connectivity index (χ2n) is 8.83. The van der Waals surface area contributed by atoms with Gasteiger partial charge in [-0.25, -0.2) is 8.42 Å². The van der Waals surface area contributed by atoms with Crippen molar-refractivity contribution in [2.75, 3.05) is 18.5 Å². The smallest absolute Gasteiger partial charge is 0.255 e. The van der Waals surface area contributed by atoms with E-state index in [4.69, 9.17) is 27.9 Å². The van der Waals surface area contributed by atoms with Crippen molar-refractivity contribution in [2.45, 2.75) is 76.2 Å². The fraction of sp³-hybridized carbons (Fsp3) is 0.500. The van der Waals surface area contributed by atoms with Crippen LogP contribution in [0.1, 0.15) is 75.6 Å². The van der Waals surface area contributed by atoms with E-state index >= 15 is 0 Å². The minimum absolute atomic E-state index is 0.0333. The molecule has 192 valence electrons. The number of sulfonamides is 1. The number of carbonyl (C=O) groups excluding carboxylic acids is 1. The van der Waals surface area contributed by atoms with E-state index < -0.39 is 15.9 Å². The number of nitrogens with one attached hydrogen (secondary N) is 1. The molecule has 0 aromatic heterocycles. The first-order valence-electron chi connectivity index (χ1n) is 12.3. The minimum Gasteiger partial charge on any atom is -0.490 e. The molecule has 9 heteroatoms. The maximum absolute atomic E-state index is 13.1. The summed E-state index contributed by atoms with van der Waals surface area (Å²) in [5.74, 6) is -0.0278. The molecule has 1 amide bonds. The topological polar surface area (TPSA) is 75.7 Å². The summed E-state index contributed by atoms with van der Waals surface area (Å²) >= 11 is 12.7. The molecule has 0 spiro atoms. The van der Waals surface area contributed by atoms with Gasteiger partial charge in [0, 0.05) is 23.8 Å². The number of halogens is 2. The van der Waals surface area contributed by atoms with E-state index in [1.807, 2.05) is 6.92 Å². The quantitative estimate of drug-likeness (QED) is 0.307. The highest BCUT2D eigenvalue weighted by Gasteiger charge is 2.32. The fourth-order valence-electron chi connectivity index (χ4n) is 4.28. The van der Waals surface area contributed by atoms with Crippen LogP contribution < -0.4 is 10.1 Å².